The zero-order valence-electron chi connectivity index (χ0n) is 9.07. The summed E-state index contributed by atoms with van der Waals surface area (Å²) in [7, 11) is 3.38. The molecule has 0 aliphatic rings. The maximum Gasteiger partial charge on any atom is 0.272 e. The third-order valence-corrected chi connectivity index (χ3v) is 2.60. The SMILES string of the molecule is CN(C)C(=O)c1cc(Cl)c2ccccc2n1. The van der Waals surface area contributed by atoms with Crippen molar-refractivity contribution in [2.45, 2.75) is 0 Å². The number of pyridine rings is 1. The standard InChI is InChI=1S/C12H11ClN2O/c1-15(2)12(16)11-7-9(13)8-5-3-4-6-10(8)14-11/h3-7H,1-2H3. The Morgan fingerprint density at radius 2 is 2.00 bits per heavy atom. The van der Waals surface area contributed by atoms with Gasteiger partial charge in [0.15, 0.2) is 0 Å². The summed E-state index contributed by atoms with van der Waals surface area (Å²) in [6.07, 6.45) is 0. The topological polar surface area (TPSA) is 33.2 Å². The number of benzene rings is 1. The van der Waals surface area contributed by atoms with Crippen molar-refractivity contribution in [2.75, 3.05) is 14.1 Å². The predicted molar refractivity (Wildman–Crippen MR) is 64.8 cm³/mol. The van der Waals surface area contributed by atoms with Gasteiger partial charge in [0.25, 0.3) is 5.91 Å². The Kier molecular flexibility index (Phi) is 2.79. The first kappa shape index (κ1) is 10.9. The highest BCUT2D eigenvalue weighted by Crippen LogP contribution is 2.22. The van der Waals surface area contributed by atoms with Crippen molar-refractivity contribution in [3.63, 3.8) is 0 Å². The highest BCUT2D eigenvalue weighted by molar-refractivity contribution is 6.35. The lowest BCUT2D eigenvalue weighted by Gasteiger charge is -2.10. The van der Waals surface area contributed by atoms with Gasteiger partial charge in [-0.1, -0.05) is 29.8 Å². The van der Waals surface area contributed by atoms with Crippen LogP contribution in [0.5, 0.6) is 0 Å². The monoisotopic (exact) mass is 234 g/mol. The van der Waals surface area contributed by atoms with E-state index in [9.17, 15) is 4.79 Å². The summed E-state index contributed by atoms with van der Waals surface area (Å²) in [5, 5.41) is 1.41. The second-order valence-corrected chi connectivity index (χ2v) is 4.11. The Morgan fingerprint density at radius 3 is 2.69 bits per heavy atom. The maximum absolute atomic E-state index is 11.7. The normalized spacial score (nSPS) is 10.4. The summed E-state index contributed by atoms with van der Waals surface area (Å²) in [4.78, 5) is 17.5. The van der Waals surface area contributed by atoms with E-state index in [1.54, 1.807) is 20.2 Å². The molecule has 82 valence electrons. The van der Waals surface area contributed by atoms with Crippen molar-refractivity contribution in [3.8, 4) is 0 Å². The Bertz CT molecular complexity index is 552. The summed E-state index contributed by atoms with van der Waals surface area (Å²) in [5.74, 6) is -0.146. The van der Waals surface area contributed by atoms with Gasteiger partial charge in [0, 0.05) is 19.5 Å². The number of hydrogen-bond donors (Lipinski definition) is 0. The van der Waals surface area contributed by atoms with E-state index in [1.165, 1.54) is 4.90 Å². The van der Waals surface area contributed by atoms with Crippen LogP contribution in [-0.2, 0) is 0 Å². The van der Waals surface area contributed by atoms with Crippen LogP contribution in [0.1, 0.15) is 10.5 Å². The van der Waals surface area contributed by atoms with Crippen molar-refractivity contribution >= 4 is 28.4 Å². The summed E-state index contributed by atoms with van der Waals surface area (Å²) >= 11 is 6.10. The van der Waals surface area contributed by atoms with E-state index in [0.717, 1.165) is 10.9 Å². The first-order chi connectivity index (χ1) is 7.59. The van der Waals surface area contributed by atoms with Gasteiger partial charge in [-0.2, -0.15) is 0 Å². The molecule has 0 bridgehead atoms. The molecule has 1 heterocycles. The van der Waals surface area contributed by atoms with Crippen LogP contribution in [0.15, 0.2) is 30.3 Å². The van der Waals surface area contributed by atoms with Crippen molar-refractivity contribution in [3.05, 3.63) is 41.0 Å². The fraction of sp³-hybridized carbons (Fsp3) is 0.167. The fourth-order valence-corrected chi connectivity index (χ4v) is 1.73. The zero-order chi connectivity index (χ0) is 11.7. The molecule has 0 saturated carbocycles. The Hall–Kier alpha value is -1.61. The minimum absolute atomic E-state index is 0.146. The molecule has 0 aliphatic carbocycles. The Morgan fingerprint density at radius 1 is 1.31 bits per heavy atom. The number of nitrogens with zero attached hydrogens (tertiary/aromatic N) is 2. The van der Waals surface area contributed by atoms with Crippen molar-refractivity contribution in [2.24, 2.45) is 0 Å². The molecule has 0 spiro atoms. The zero-order valence-corrected chi connectivity index (χ0v) is 9.82. The van der Waals surface area contributed by atoms with Crippen molar-refractivity contribution < 1.29 is 4.79 Å². The minimum Gasteiger partial charge on any atom is -0.343 e. The molecule has 2 rings (SSSR count). The van der Waals surface area contributed by atoms with Crippen LogP contribution in [0.25, 0.3) is 10.9 Å². The van der Waals surface area contributed by atoms with Gasteiger partial charge in [-0.15, -0.1) is 0 Å². The number of rotatable bonds is 1. The highest BCUT2D eigenvalue weighted by atomic mass is 35.5. The number of carbonyl (C=O) groups excluding carboxylic acids is 1. The molecule has 16 heavy (non-hydrogen) atoms. The van der Waals surface area contributed by atoms with Gasteiger partial charge in [0.2, 0.25) is 0 Å². The molecular weight excluding hydrogens is 224 g/mol. The van der Waals surface area contributed by atoms with Gasteiger partial charge in [0.1, 0.15) is 5.69 Å². The van der Waals surface area contributed by atoms with E-state index in [-0.39, 0.29) is 5.91 Å². The molecule has 0 unspecified atom stereocenters. The predicted octanol–water partition coefficient (Wildman–Crippen LogP) is 2.59. The molecule has 0 saturated heterocycles. The van der Waals surface area contributed by atoms with Crippen LogP contribution in [0.4, 0.5) is 0 Å². The van der Waals surface area contributed by atoms with E-state index < -0.39 is 0 Å². The second kappa shape index (κ2) is 4.10. The first-order valence-electron chi connectivity index (χ1n) is 4.86. The van der Waals surface area contributed by atoms with E-state index in [4.69, 9.17) is 11.6 Å². The van der Waals surface area contributed by atoms with Crippen LogP contribution in [0.2, 0.25) is 5.02 Å². The lowest BCUT2D eigenvalue weighted by Crippen LogP contribution is -2.22. The van der Waals surface area contributed by atoms with Crippen LogP contribution in [0, 0.1) is 0 Å². The number of hydrogen-bond acceptors (Lipinski definition) is 2. The van der Waals surface area contributed by atoms with Crippen molar-refractivity contribution in [1.82, 2.24) is 9.88 Å². The van der Waals surface area contributed by atoms with Gasteiger partial charge in [0.05, 0.1) is 10.5 Å². The fourth-order valence-electron chi connectivity index (χ4n) is 1.47. The third kappa shape index (κ3) is 1.86. The number of para-hydroxylation sites is 1. The number of amides is 1. The molecule has 0 radical (unpaired) electrons. The highest BCUT2D eigenvalue weighted by Gasteiger charge is 2.12. The molecule has 1 aromatic heterocycles. The molecule has 1 amide bonds. The van der Waals surface area contributed by atoms with Gasteiger partial charge in [-0.25, -0.2) is 4.98 Å². The van der Waals surface area contributed by atoms with Crippen LogP contribution in [-0.4, -0.2) is 29.9 Å². The van der Waals surface area contributed by atoms with Gasteiger partial charge in [-0.05, 0) is 12.1 Å². The maximum atomic E-state index is 11.7. The van der Waals surface area contributed by atoms with Gasteiger partial charge >= 0.3 is 0 Å². The number of halogens is 1. The molecular formula is C12H11ClN2O. The van der Waals surface area contributed by atoms with Crippen LogP contribution < -0.4 is 0 Å². The van der Waals surface area contributed by atoms with Crippen molar-refractivity contribution in [1.29, 1.82) is 0 Å². The minimum atomic E-state index is -0.146. The Balaban J connectivity index is 2.62. The third-order valence-electron chi connectivity index (χ3n) is 2.29. The quantitative estimate of drug-likeness (QED) is 0.760. The summed E-state index contributed by atoms with van der Waals surface area (Å²) in [5.41, 5.74) is 1.11. The van der Waals surface area contributed by atoms with Crippen LogP contribution >= 0.6 is 11.6 Å². The first-order valence-corrected chi connectivity index (χ1v) is 5.24. The largest absolute Gasteiger partial charge is 0.343 e. The molecule has 0 fully saturated rings. The molecule has 4 heteroatoms. The molecule has 0 aliphatic heterocycles. The number of aromatic nitrogens is 1. The average Bonchev–Trinajstić information content (AvgIpc) is 2.28. The Labute approximate surface area is 98.7 Å². The number of fused-ring (bicyclic) bond motifs is 1. The molecule has 0 atom stereocenters. The molecule has 3 nitrogen and oxygen atoms in total. The lowest BCUT2D eigenvalue weighted by molar-refractivity contribution is 0.0822. The smallest absolute Gasteiger partial charge is 0.272 e. The van der Waals surface area contributed by atoms with E-state index >= 15 is 0 Å². The van der Waals surface area contributed by atoms with E-state index in [0.29, 0.717) is 10.7 Å². The summed E-state index contributed by atoms with van der Waals surface area (Å²) in [6, 6.07) is 9.09. The molecule has 2 aromatic rings. The molecule has 0 N–H and O–H groups in total. The average molecular weight is 235 g/mol. The van der Waals surface area contributed by atoms with Gasteiger partial charge in [-0.3, -0.25) is 4.79 Å². The molecule has 1 aromatic carbocycles. The van der Waals surface area contributed by atoms with E-state index in [2.05, 4.69) is 4.98 Å². The van der Waals surface area contributed by atoms with Gasteiger partial charge < -0.3 is 4.90 Å². The lowest BCUT2D eigenvalue weighted by atomic mass is 10.2. The summed E-state index contributed by atoms with van der Waals surface area (Å²) < 4.78 is 0. The van der Waals surface area contributed by atoms with Crippen LogP contribution in [0.3, 0.4) is 0 Å². The van der Waals surface area contributed by atoms with E-state index in [1.807, 2.05) is 24.3 Å². The number of carbonyl (C=O) groups is 1. The summed E-state index contributed by atoms with van der Waals surface area (Å²) in [6.45, 7) is 0. The second-order valence-electron chi connectivity index (χ2n) is 3.71.